The number of hydrogen-bond donors (Lipinski definition) is 2. The average molecular weight is 386 g/mol. The number of amides is 1. The molecule has 0 rings (SSSR count). The predicted octanol–water partition coefficient (Wildman–Crippen LogP) is 5.45. The number of carbonyl (C=O) groups excluding carboxylic acids is 1. The molecule has 0 bridgehead atoms. The van der Waals surface area contributed by atoms with Gasteiger partial charge in [-0.15, -0.1) is 0 Å². The molecular formula is C23H47NO3. The van der Waals surface area contributed by atoms with Crippen LogP contribution in [0, 0.1) is 0 Å². The van der Waals surface area contributed by atoms with Gasteiger partial charge in [0.05, 0.1) is 12.7 Å². The predicted molar refractivity (Wildman–Crippen MR) is 115 cm³/mol. The van der Waals surface area contributed by atoms with Crippen molar-refractivity contribution in [1.29, 1.82) is 0 Å². The maximum Gasteiger partial charge on any atom is 0.222 e. The molecule has 1 atom stereocenters. The minimum absolute atomic E-state index is 0.0572. The SMILES string of the molecule is CCCCCCC(O)CCCCCCCCCCC(=O)N(CCC)CCO. The summed E-state index contributed by atoms with van der Waals surface area (Å²) in [7, 11) is 0. The second-order valence-electron chi connectivity index (χ2n) is 7.97. The second-order valence-corrected chi connectivity index (χ2v) is 7.97. The molecule has 0 saturated carbocycles. The lowest BCUT2D eigenvalue weighted by Gasteiger charge is -2.20. The molecule has 2 N–H and O–H groups in total. The van der Waals surface area contributed by atoms with E-state index in [0.29, 0.717) is 13.0 Å². The van der Waals surface area contributed by atoms with E-state index in [2.05, 4.69) is 13.8 Å². The van der Waals surface area contributed by atoms with E-state index in [-0.39, 0.29) is 18.6 Å². The lowest BCUT2D eigenvalue weighted by molar-refractivity contribution is -0.131. The fourth-order valence-electron chi connectivity index (χ4n) is 3.58. The molecule has 1 amide bonds. The molecule has 0 heterocycles. The second kappa shape index (κ2) is 20.1. The first-order chi connectivity index (χ1) is 13.2. The van der Waals surface area contributed by atoms with Crippen LogP contribution in [0.2, 0.25) is 0 Å². The summed E-state index contributed by atoms with van der Waals surface area (Å²) in [6.45, 7) is 5.57. The Hall–Kier alpha value is -0.610. The number of hydrogen-bond acceptors (Lipinski definition) is 3. The molecule has 0 saturated heterocycles. The van der Waals surface area contributed by atoms with Crippen molar-refractivity contribution < 1.29 is 15.0 Å². The van der Waals surface area contributed by atoms with Crippen LogP contribution in [-0.2, 0) is 4.79 Å². The molecule has 162 valence electrons. The van der Waals surface area contributed by atoms with Crippen molar-refractivity contribution in [2.24, 2.45) is 0 Å². The highest BCUT2D eigenvalue weighted by molar-refractivity contribution is 5.76. The number of aliphatic hydroxyl groups excluding tert-OH is 2. The van der Waals surface area contributed by atoms with Gasteiger partial charge in [0, 0.05) is 19.5 Å². The lowest BCUT2D eigenvalue weighted by atomic mass is 10.0. The van der Waals surface area contributed by atoms with E-state index in [1.54, 1.807) is 4.90 Å². The first-order valence-corrected chi connectivity index (χ1v) is 11.7. The van der Waals surface area contributed by atoms with Crippen LogP contribution in [0.25, 0.3) is 0 Å². The van der Waals surface area contributed by atoms with E-state index in [9.17, 15) is 9.90 Å². The molecule has 1 unspecified atom stereocenters. The fraction of sp³-hybridized carbons (Fsp3) is 0.957. The van der Waals surface area contributed by atoms with Crippen LogP contribution in [0.3, 0.4) is 0 Å². The van der Waals surface area contributed by atoms with E-state index in [4.69, 9.17) is 5.11 Å². The number of nitrogens with zero attached hydrogens (tertiary/aromatic N) is 1. The summed E-state index contributed by atoms with van der Waals surface area (Å²) in [6, 6.07) is 0. The summed E-state index contributed by atoms with van der Waals surface area (Å²) in [6.07, 6.45) is 17.9. The Balaban J connectivity index is 3.40. The average Bonchev–Trinajstić information content (AvgIpc) is 2.66. The van der Waals surface area contributed by atoms with Gasteiger partial charge in [0.15, 0.2) is 0 Å². The van der Waals surface area contributed by atoms with Gasteiger partial charge in [-0.3, -0.25) is 4.79 Å². The van der Waals surface area contributed by atoms with Crippen LogP contribution >= 0.6 is 0 Å². The van der Waals surface area contributed by atoms with Gasteiger partial charge in [-0.1, -0.05) is 84.5 Å². The third-order valence-corrected chi connectivity index (χ3v) is 5.29. The smallest absolute Gasteiger partial charge is 0.222 e. The van der Waals surface area contributed by atoms with Crippen LogP contribution in [-0.4, -0.2) is 46.8 Å². The number of rotatable bonds is 20. The number of carbonyl (C=O) groups is 1. The van der Waals surface area contributed by atoms with Gasteiger partial charge in [-0.25, -0.2) is 0 Å². The zero-order valence-corrected chi connectivity index (χ0v) is 18.3. The van der Waals surface area contributed by atoms with Gasteiger partial charge in [0.2, 0.25) is 5.91 Å². The highest BCUT2D eigenvalue weighted by Gasteiger charge is 2.11. The van der Waals surface area contributed by atoms with Crippen molar-refractivity contribution in [2.75, 3.05) is 19.7 Å². The zero-order chi connectivity index (χ0) is 20.2. The number of aliphatic hydroxyl groups is 2. The van der Waals surface area contributed by atoms with Crippen molar-refractivity contribution in [3.8, 4) is 0 Å². The van der Waals surface area contributed by atoms with Crippen molar-refractivity contribution in [3.05, 3.63) is 0 Å². The largest absolute Gasteiger partial charge is 0.395 e. The van der Waals surface area contributed by atoms with Gasteiger partial charge >= 0.3 is 0 Å². The molecule has 0 spiro atoms. The summed E-state index contributed by atoms with van der Waals surface area (Å²) in [5.41, 5.74) is 0. The standard InChI is InChI=1S/C23H47NO3/c1-3-5-6-13-16-22(26)17-14-11-9-7-8-10-12-15-18-23(27)24(19-4-2)20-21-25/h22,25-26H,3-21H2,1-2H3. The summed E-state index contributed by atoms with van der Waals surface area (Å²) in [5.74, 6) is 0.194. The lowest BCUT2D eigenvalue weighted by Crippen LogP contribution is -2.34. The molecule has 4 heteroatoms. The molecular weight excluding hydrogens is 338 g/mol. The van der Waals surface area contributed by atoms with Crippen LogP contribution < -0.4 is 0 Å². The molecule has 0 aromatic rings. The zero-order valence-electron chi connectivity index (χ0n) is 18.3. The monoisotopic (exact) mass is 385 g/mol. The quantitative estimate of drug-likeness (QED) is 0.274. The minimum atomic E-state index is -0.0856. The Labute approximate surface area is 168 Å². The van der Waals surface area contributed by atoms with Gasteiger partial charge in [0.1, 0.15) is 0 Å². The van der Waals surface area contributed by atoms with Crippen LogP contribution in [0.4, 0.5) is 0 Å². The molecule has 0 aliphatic carbocycles. The molecule has 27 heavy (non-hydrogen) atoms. The van der Waals surface area contributed by atoms with E-state index in [0.717, 1.165) is 45.1 Å². The Bertz CT molecular complexity index is 317. The molecule has 0 aliphatic heterocycles. The third-order valence-electron chi connectivity index (χ3n) is 5.29. The Morgan fingerprint density at radius 2 is 1.26 bits per heavy atom. The summed E-state index contributed by atoms with van der Waals surface area (Å²) in [5, 5.41) is 19.0. The summed E-state index contributed by atoms with van der Waals surface area (Å²) < 4.78 is 0. The molecule has 0 aromatic carbocycles. The maximum absolute atomic E-state index is 12.1. The van der Waals surface area contributed by atoms with Crippen LogP contribution in [0.15, 0.2) is 0 Å². The normalized spacial score (nSPS) is 12.3. The van der Waals surface area contributed by atoms with Crippen LogP contribution in [0.1, 0.15) is 117 Å². The summed E-state index contributed by atoms with van der Waals surface area (Å²) in [4.78, 5) is 13.9. The molecule has 0 aliphatic rings. The highest BCUT2D eigenvalue weighted by Crippen LogP contribution is 2.14. The molecule has 4 nitrogen and oxygen atoms in total. The molecule has 0 aromatic heterocycles. The van der Waals surface area contributed by atoms with E-state index < -0.39 is 0 Å². The maximum atomic E-state index is 12.1. The van der Waals surface area contributed by atoms with Gasteiger partial charge in [0.25, 0.3) is 0 Å². The van der Waals surface area contributed by atoms with Gasteiger partial charge < -0.3 is 15.1 Å². The summed E-state index contributed by atoms with van der Waals surface area (Å²) >= 11 is 0. The highest BCUT2D eigenvalue weighted by atomic mass is 16.3. The van der Waals surface area contributed by atoms with Crippen LogP contribution in [0.5, 0.6) is 0 Å². The molecule has 0 fully saturated rings. The Morgan fingerprint density at radius 1 is 0.741 bits per heavy atom. The van der Waals surface area contributed by atoms with Crippen molar-refractivity contribution in [3.63, 3.8) is 0 Å². The van der Waals surface area contributed by atoms with E-state index in [1.807, 2.05) is 0 Å². The van der Waals surface area contributed by atoms with E-state index >= 15 is 0 Å². The third kappa shape index (κ3) is 17.2. The Kier molecular flexibility index (Phi) is 19.7. The first kappa shape index (κ1) is 26.4. The number of unbranched alkanes of at least 4 members (excludes halogenated alkanes) is 10. The first-order valence-electron chi connectivity index (χ1n) is 11.7. The molecule has 0 radical (unpaired) electrons. The Morgan fingerprint density at radius 3 is 1.78 bits per heavy atom. The van der Waals surface area contributed by atoms with Gasteiger partial charge in [-0.2, -0.15) is 0 Å². The van der Waals surface area contributed by atoms with Crippen molar-refractivity contribution in [2.45, 2.75) is 123 Å². The topological polar surface area (TPSA) is 60.8 Å². The van der Waals surface area contributed by atoms with E-state index in [1.165, 1.54) is 57.8 Å². The van der Waals surface area contributed by atoms with Gasteiger partial charge in [-0.05, 0) is 25.7 Å². The fourth-order valence-corrected chi connectivity index (χ4v) is 3.58. The van der Waals surface area contributed by atoms with Crippen molar-refractivity contribution in [1.82, 2.24) is 4.90 Å². The van der Waals surface area contributed by atoms with Crippen molar-refractivity contribution >= 4 is 5.91 Å². The minimum Gasteiger partial charge on any atom is -0.395 e.